The maximum atomic E-state index is 12.3. The molecule has 122 valence electrons. The number of hydrogen-bond acceptors (Lipinski definition) is 3. The van der Waals surface area contributed by atoms with E-state index in [2.05, 4.69) is 17.4 Å². The number of rotatable bonds is 5. The number of amides is 1. The lowest BCUT2D eigenvalue weighted by Crippen LogP contribution is -2.38. The fourth-order valence-electron chi connectivity index (χ4n) is 3.34. The molecule has 2 aromatic rings. The van der Waals surface area contributed by atoms with Crippen molar-refractivity contribution in [2.75, 3.05) is 13.7 Å². The molecule has 0 atom stereocenters. The van der Waals surface area contributed by atoms with E-state index in [1.165, 1.54) is 29.7 Å². The van der Waals surface area contributed by atoms with Crippen LogP contribution in [0, 0.1) is 0 Å². The molecule has 5 heteroatoms. The number of halogens is 1. The first kappa shape index (κ1) is 16.3. The van der Waals surface area contributed by atoms with E-state index in [9.17, 15) is 4.79 Å². The summed E-state index contributed by atoms with van der Waals surface area (Å²) < 4.78 is 5.88. The Morgan fingerprint density at radius 2 is 1.91 bits per heavy atom. The van der Waals surface area contributed by atoms with Crippen LogP contribution in [0.2, 0.25) is 4.34 Å². The normalized spacial score (nSPS) is 16.3. The van der Waals surface area contributed by atoms with Crippen LogP contribution in [0.15, 0.2) is 36.4 Å². The molecule has 3 nitrogen and oxygen atoms in total. The molecule has 0 spiro atoms. The predicted octanol–water partition coefficient (Wildman–Crippen LogP) is 4.65. The standard InChI is InChI=1S/C18H20ClNO2S/c1-22-14-6-4-13(5-7-14)18(10-2-3-11-18)12-20-17(21)15-8-9-16(19)23-15/h4-9H,2-3,10-12H2,1H3,(H,20,21). The van der Waals surface area contributed by atoms with Crippen LogP contribution in [0.3, 0.4) is 0 Å². The van der Waals surface area contributed by atoms with Gasteiger partial charge in [0.2, 0.25) is 0 Å². The van der Waals surface area contributed by atoms with Crippen molar-refractivity contribution in [3.05, 3.63) is 51.2 Å². The number of methoxy groups -OCH3 is 1. The van der Waals surface area contributed by atoms with Gasteiger partial charge in [-0.25, -0.2) is 0 Å². The molecule has 1 aliphatic rings. The molecular formula is C18H20ClNO2S. The van der Waals surface area contributed by atoms with Gasteiger partial charge in [0.1, 0.15) is 5.75 Å². The number of nitrogens with one attached hydrogen (secondary N) is 1. The van der Waals surface area contributed by atoms with Crippen LogP contribution in [0.5, 0.6) is 5.75 Å². The Morgan fingerprint density at radius 3 is 2.48 bits per heavy atom. The molecule has 0 unspecified atom stereocenters. The van der Waals surface area contributed by atoms with Gasteiger partial charge in [0.15, 0.2) is 0 Å². The minimum Gasteiger partial charge on any atom is -0.497 e. The van der Waals surface area contributed by atoms with Crippen molar-refractivity contribution >= 4 is 28.8 Å². The van der Waals surface area contributed by atoms with E-state index < -0.39 is 0 Å². The van der Waals surface area contributed by atoms with E-state index in [0.29, 0.717) is 15.8 Å². The van der Waals surface area contributed by atoms with Crippen molar-refractivity contribution in [2.45, 2.75) is 31.1 Å². The maximum absolute atomic E-state index is 12.3. The monoisotopic (exact) mass is 349 g/mol. The fourth-order valence-corrected chi connectivity index (χ4v) is 4.30. The smallest absolute Gasteiger partial charge is 0.261 e. The molecule has 0 radical (unpaired) electrons. The maximum Gasteiger partial charge on any atom is 0.261 e. The first-order chi connectivity index (χ1) is 11.1. The topological polar surface area (TPSA) is 38.3 Å². The summed E-state index contributed by atoms with van der Waals surface area (Å²) in [6, 6.07) is 11.8. The number of thiophene rings is 1. The molecule has 1 aromatic carbocycles. The van der Waals surface area contributed by atoms with Crippen LogP contribution in [0.4, 0.5) is 0 Å². The van der Waals surface area contributed by atoms with Crippen LogP contribution < -0.4 is 10.1 Å². The third-order valence-electron chi connectivity index (χ3n) is 4.65. The van der Waals surface area contributed by atoms with Crippen LogP contribution in [0.1, 0.15) is 40.9 Å². The summed E-state index contributed by atoms with van der Waals surface area (Å²) in [7, 11) is 1.67. The third-order valence-corrected chi connectivity index (χ3v) is 5.88. The number of carbonyl (C=O) groups is 1. The van der Waals surface area contributed by atoms with Gasteiger partial charge in [-0.3, -0.25) is 4.79 Å². The second-order valence-electron chi connectivity index (χ2n) is 6.00. The van der Waals surface area contributed by atoms with Crippen molar-refractivity contribution in [3.8, 4) is 5.75 Å². The Balaban J connectivity index is 1.74. The van der Waals surface area contributed by atoms with Crippen LogP contribution in [0.25, 0.3) is 0 Å². The minimum absolute atomic E-state index is 0.0307. The van der Waals surface area contributed by atoms with Crippen LogP contribution >= 0.6 is 22.9 Å². The lowest BCUT2D eigenvalue weighted by atomic mass is 9.78. The molecule has 1 aromatic heterocycles. The zero-order valence-corrected chi connectivity index (χ0v) is 14.7. The van der Waals surface area contributed by atoms with Crippen molar-refractivity contribution < 1.29 is 9.53 Å². The quantitative estimate of drug-likeness (QED) is 0.853. The molecule has 1 amide bonds. The zero-order valence-electron chi connectivity index (χ0n) is 13.1. The molecule has 1 saturated carbocycles. The van der Waals surface area contributed by atoms with E-state index in [0.717, 1.165) is 18.6 Å². The van der Waals surface area contributed by atoms with Crippen molar-refractivity contribution in [2.24, 2.45) is 0 Å². The van der Waals surface area contributed by atoms with Gasteiger partial charge in [0.25, 0.3) is 5.91 Å². The van der Waals surface area contributed by atoms with Gasteiger partial charge in [-0.2, -0.15) is 0 Å². The summed E-state index contributed by atoms with van der Waals surface area (Å²) in [6.45, 7) is 0.660. The molecule has 1 heterocycles. The summed E-state index contributed by atoms with van der Waals surface area (Å²) in [6.07, 6.45) is 4.61. The zero-order chi connectivity index (χ0) is 16.3. The summed E-state index contributed by atoms with van der Waals surface area (Å²) in [4.78, 5) is 13.0. The van der Waals surface area contributed by atoms with E-state index in [1.807, 2.05) is 12.1 Å². The molecule has 1 N–H and O–H groups in total. The molecule has 3 rings (SSSR count). The predicted molar refractivity (Wildman–Crippen MR) is 94.8 cm³/mol. The lowest BCUT2D eigenvalue weighted by Gasteiger charge is -2.30. The number of benzene rings is 1. The highest BCUT2D eigenvalue weighted by Crippen LogP contribution is 2.41. The SMILES string of the molecule is COc1ccc(C2(CNC(=O)c3ccc(Cl)s3)CCCC2)cc1. The Kier molecular flexibility index (Phi) is 4.93. The summed E-state index contributed by atoms with van der Waals surface area (Å²) in [5.41, 5.74) is 1.31. The van der Waals surface area contributed by atoms with Crippen LogP contribution in [-0.4, -0.2) is 19.6 Å². The fraction of sp³-hybridized carbons (Fsp3) is 0.389. The molecule has 1 aliphatic carbocycles. The van der Waals surface area contributed by atoms with Crippen LogP contribution in [-0.2, 0) is 5.41 Å². The second kappa shape index (κ2) is 6.93. The van der Waals surface area contributed by atoms with E-state index >= 15 is 0 Å². The second-order valence-corrected chi connectivity index (χ2v) is 7.72. The largest absolute Gasteiger partial charge is 0.497 e. The van der Waals surface area contributed by atoms with Crippen molar-refractivity contribution in [1.82, 2.24) is 5.32 Å². The molecule has 0 aliphatic heterocycles. The molecule has 1 fully saturated rings. The van der Waals surface area contributed by atoms with Crippen molar-refractivity contribution in [3.63, 3.8) is 0 Å². The Labute approximate surface area is 145 Å². The van der Waals surface area contributed by atoms with Gasteiger partial charge < -0.3 is 10.1 Å². The van der Waals surface area contributed by atoms with Gasteiger partial charge in [-0.1, -0.05) is 36.6 Å². The highest BCUT2D eigenvalue weighted by atomic mass is 35.5. The first-order valence-electron chi connectivity index (χ1n) is 7.81. The molecular weight excluding hydrogens is 330 g/mol. The lowest BCUT2D eigenvalue weighted by molar-refractivity contribution is 0.0947. The summed E-state index contributed by atoms with van der Waals surface area (Å²) in [5.74, 6) is 0.820. The van der Waals surface area contributed by atoms with Gasteiger partial charge >= 0.3 is 0 Å². The minimum atomic E-state index is -0.0401. The Morgan fingerprint density at radius 1 is 1.22 bits per heavy atom. The molecule has 0 saturated heterocycles. The molecule has 23 heavy (non-hydrogen) atoms. The highest BCUT2D eigenvalue weighted by Gasteiger charge is 2.36. The number of ether oxygens (including phenoxy) is 1. The Hall–Kier alpha value is -1.52. The van der Waals surface area contributed by atoms with Crippen molar-refractivity contribution in [1.29, 1.82) is 0 Å². The van der Waals surface area contributed by atoms with Gasteiger partial charge in [-0.05, 0) is 42.7 Å². The van der Waals surface area contributed by atoms with Gasteiger partial charge in [0, 0.05) is 12.0 Å². The first-order valence-corrected chi connectivity index (χ1v) is 9.00. The highest BCUT2D eigenvalue weighted by molar-refractivity contribution is 7.17. The van der Waals surface area contributed by atoms with E-state index in [-0.39, 0.29) is 11.3 Å². The average Bonchev–Trinajstić information content (AvgIpc) is 3.23. The van der Waals surface area contributed by atoms with Gasteiger partial charge in [0.05, 0.1) is 16.3 Å². The third kappa shape index (κ3) is 3.54. The Bertz CT molecular complexity index is 675. The van der Waals surface area contributed by atoms with E-state index in [4.69, 9.17) is 16.3 Å². The molecule has 0 bridgehead atoms. The summed E-state index contributed by atoms with van der Waals surface area (Å²) >= 11 is 7.23. The van der Waals surface area contributed by atoms with E-state index in [1.54, 1.807) is 19.2 Å². The number of hydrogen-bond donors (Lipinski definition) is 1. The summed E-state index contributed by atoms with van der Waals surface area (Å²) in [5, 5.41) is 3.10. The number of carbonyl (C=O) groups excluding carboxylic acids is 1. The average molecular weight is 350 g/mol. The van der Waals surface area contributed by atoms with Gasteiger partial charge in [-0.15, -0.1) is 11.3 Å².